The summed E-state index contributed by atoms with van der Waals surface area (Å²) in [5, 5.41) is 9.47. The van der Waals surface area contributed by atoms with Gasteiger partial charge in [0.15, 0.2) is 21.3 Å². The number of sulfonamides is 1. The van der Waals surface area contributed by atoms with Crippen molar-refractivity contribution >= 4 is 54.1 Å². The van der Waals surface area contributed by atoms with Crippen LogP contribution in [-0.4, -0.2) is 67.7 Å². The van der Waals surface area contributed by atoms with E-state index in [0.717, 1.165) is 19.1 Å². The minimum absolute atomic E-state index is 0.0359. The molecule has 3 aliphatic rings. The van der Waals surface area contributed by atoms with Gasteiger partial charge >= 0.3 is 12.4 Å². The second kappa shape index (κ2) is 17.3. The van der Waals surface area contributed by atoms with Crippen LogP contribution in [0.5, 0.6) is 0 Å². The van der Waals surface area contributed by atoms with Crippen molar-refractivity contribution in [1.82, 2.24) is 29.9 Å². The molecule has 25 heteroatoms. The van der Waals surface area contributed by atoms with Gasteiger partial charge in [-0.1, -0.05) is 37.6 Å². The lowest BCUT2D eigenvalue weighted by Gasteiger charge is -2.29. The van der Waals surface area contributed by atoms with E-state index in [9.17, 15) is 56.8 Å². The molecule has 2 saturated carbocycles. The van der Waals surface area contributed by atoms with Crippen LogP contribution in [-0.2, 0) is 62.7 Å². The molecule has 0 aliphatic heterocycles. The van der Waals surface area contributed by atoms with Crippen LogP contribution in [0.4, 0.5) is 49.7 Å². The number of nitrogens with one attached hydrogen (secondary N) is 2. The Labute approximate surface area is 406 Å². The lowest BCUT2D eigenvalue weighted by Crippen LogP contribution is -2.40. The van der Waals surface area contributed by atoms with Gasteiger partial charge in [-0.3, -0.25) is 23.9 Å². The molecular weight excluding hydrogens is 1020 g/mol. The van der Waals surface area contributed by atoms with Gasteiger partial charge in [-0.25, -0.2) is 25.6 Å². The molecule has 12 nitrogen and oxygen atoms in total. The maximum atomic E-state index is 15.8. The van der Waals surface area contributed by atoms with Crippen LogP contribution < -0.4 is 10.0 Å². The number of fused-ring (bicyclic) bond motifs is 2. The van der Waals surface area contributed by atoms with Crippen molar-refractivity contribution in [1.29, 1.82) is 0 Å². The molecular formula is C46H48ClF10N7O5S2. The molecule has 2 aromatic carbocycles. The van der Waals surface area contributed by atoms with Gasteiger partial charge in [-0.05, 0) is 108 Å². The number of hydrogen-bond donors (Lipinski definition) is 2. The molecule has 0 bridgehead atoms. The average Bonchev–Trinajstić information content (AvgIpc) is 4.10. The van der Waals surface area contributed by atoms with E-state index in [1.165, 1.54) is 52.0 Å². The highest BCUT2D eigenvalue weighted by atomic mass is 35.5. The average molecular weight is 1070 g/mol. The predicted molar refractivity (Wildman–Crippen MR) is 243 cm³/mol. The van der Waals surface area contributed by atoms with Crippen molar-refractivity contribution < 1.29 is 65.5 Å². The molecule has 2 N–H and O–H groups in total. The number of anilines is 1. The lowest BCUT2D eigenvalue weighted by atomic mass is 9.93. The number of carbonyl (C=O) groups excluding carboxylic acids is 1. The second-order valence-electron chi connectivity index (χ2n) is 20.0. The monoisotopic (exact) mass is 1070 g/mol. The van der Waals surface area contributed by atoms with Gasteiger partial charge in [0.05, 0.1) is 41.9 Å². The standard InChI is InChI=1S/C46H48ClF10N7O5S2/c1-23-24(2)45(53,54)39-34(23)38(46(55,56)57)60-63(39)21-33(65)59-32(19-25-17-26(48)20-27(49)18-25)36-29(8-7-28(58-36)11-12-41(3,4)70(66,67)42(5)13-14-42)30-9-10-31(47)35-37(30)64(22-44(50,51)52)61-40(35)62-71(68,69)43(6)15-16-43/h7-10,17-18,20,23-24,32H,11-16,19,21-22H2,1-6H3,(H,59,65)(H,61,62)/t23-,24+,32-/m0/s1. The van der Waals surface area contributed by atoms with Crippen molar-refractivity contribution in [3.05, 3.63) is 93.0 Å². The normalized spacial score (nSPS) is 20.0. The quantitative estimate of drug-likeness (QED) is 0.0925. The number of benzene rings is 2. The first kappa shape index (κ1) is 52.4. The highest BCUT2D eigenvalue weighted by Crippen LogP contribution is 2.56. The summed E-state index contributed by atoms with van der Waals surface area (Å²) in [5.41, 5.74) is -4.53. The summed E-state index contributed by atoms with van der Waals surface area (Å²) in [4.78, 5) is 19.1. The van der Waals surface area contributed by atoms with E-state index in [-0.39, 0.29) is 68.9 Å². The number of amides is 1. The molecule has 0 saturated heterocycles. The third kappa shape index (κ3) is 9.60. The molecule has 1 amide bonds. The molecule has 0 unspecified atom stereocenters. The van der Waals surface area contributed by atoms with Gasteiger partial charge in [0.2, 0.25) is 15.9 Å². The second-order valence-corrected chi connectivity index (χ2v) is 25.7. The molecule has 3 aliphatic carbocycles. The van der Waals surface area contributed by atoms with Gasteiger partial charge in [0.1, 0.15) is 30.4 Å². The van der Waals surface area contributed by atoms with Crippen LogP contribution in [0.2, 0.25) is 5.02 Å². The maximum Gasteiger partial charge on any atom is 0.435 e. The third-order valence-corrected chi connectivity index (χ3v) is 20.1. The van der Waals surface area contributed by atoms with E-state index in [1.54, 1.807) is 6.92 Å². The maximum absolute atomic E-state index is 15.8. The Bertz CT molecular complexity index is 3180. The summed E-state index contributed by atoms with van der Waals surface area (Å²) >= 11 is 6.65. The van der Waals surface area contributed by atoms with E-state index >= 15 is 8.78 Å². The summed E-state index contributed by atoms with van der Waals surface area (Å²) in [6, 6.07) is 5.91. The smallest absolute Gasteiger partial charge is 0.346 e. The summed E-state index contributed by atoms with van der Waals surface area (Å²) < 4.78 is 201. The van der Waals surface area contributed by atoms with E-state index < -0.39 is 136 Å². The van der Waals surface area contributed by atoms with Crippen LogP contribution in [0.25, 0.3) is 22.0 Å². The number of nitrogens with zero attached hydrogens (tertiary/aromatic N) is 5. The van der Waals surface area contributed by atoms with Crippen molar-refractivity contribution in [3.63, 3.8) is 0 Å². The lowest BCUT2D eigenvalue weighted by molar-refractivity contribution is -0.143. The Kier molecular flexibility index (Phi) is 12.8. The van der Waals surface area contributed by atoms with Gasteiger partial charge in [0.25, 0.3) is 5.92 Å². The molecule has 71 heavy (non-hydrogen) atoms. The largest absolute Gasteiger partial charge is 0.435 e. The van der Waals surface area contributed by atoms with Crippen molar-refractivity contribution in [2.45, 2.75) is 144 Å². The molecule has 3 atom stereocenters. The number of hydrogen-bond acceptors (Lipinski definition) is 8. The third-order valence-electron chi connectivity index (χ3n) is 14.3. The van der Waals surface area contributed by atoms with Gasteiger partial charge in [0, 0.05) is 34.4 Å². The first-order valence-electron chi connectivity index (χ1n) is 22.4. The number of sulfone groups is 1. The molecule has 386 valence electrons. The van der Waals surface area contributed by atoms with Crippen LogP contribution in [0, 0.1) is 17.6 Å². The zero-order valence-corrected chi connectivity index (χ0v) is 41.3. The fourth-order valence-electron chi connectivity index (χ4n) is 9.29. The van der Waals surface area contributed by atoms with Gasteiger partial charge < -0.3 is 5.32 Å². The Morgan fingerprint density at radius 2 is 1.48 bits per heavy atom. The van der Waals surface area contributed by atoms with E-state index in [2.05, 4.69) is 20.2 Å². The Hall–Kier alpha value is -4.97. The number of aryl methyl sites for hydroxylation is 1. The SMILES string of the molecule is C[C@@H]1c2c(C(F)(F)F)nn(CC(=O)N[C@@H](Cc3cc(F)cc(F)c3)c3nc(CCC(C)(C)S(=O)(=O)C4(C)CC4)ccc3-c3ccc(Cl)c4c(NS(=O)(=O)C5(C)CC5)nn(CC(F)(F)F)c34)c2C(F)(F)[C@@H]1C. The van der Waals surface area contributed by atoms with Crippen LogP contribution in [0.3, 0.4) is 0 Å². The van der Waals surface area contributed by atoms with Crippen molar-refractivity contribution in [2.75, 3.05) is 4.72 Å². The van der Waals surface area contributed by atoms with Crippen molar-refractivity contribution in [2.24, 2.45) is 5.92 Å². The number of rotatable bonds is 16. The number of carbonyl (C=O) groups is 1. The summed E-state index contributed by atoms with van der Waals surface area (Å²) in [6.45, 7) is 5.29. The molecule has 0 radical (unpaired) electrons. The fraction of sp³-hybridized carbons (Fsp3) is 0.522. The van der Waals surface area contributed by atoms with Crippen LogP contribution in [0.15, 0.2) is 42.5 Å². The van der Waals surface area contributed by atoms with Crippen molar-refractivity contribution in [3.8, 4) is 11.1 Å². The topological polar surface area (TPSA) is 158 Å². The minimum atomic E-state index is -5.22. The molecule has 3 heterocycles. The van der Waals surface area contributed by atoms with Crippen LogP contribution >= 0.6 is 11.6 Å². The number of aromatic nitrogens is 5. The molecule has 8 rings (SSSR count). The zero-order chi connectivity index (χ0) is 52.4. The van der Waals surface area contributed by atoms with Gasteiger partial charge in [-0.15, -0.1) is 0 Å². The molecule has 2 fully saturated rings. The number of pyridine rings is 1. The molecule has 0 spiro atoms. The summed E-state index contributed by atoms with van der Waals surface area (Å²) in [7, 11) is -8.02. The first-order valence-corrected chi connectivity index (χ1v) is 25.8. The predicted octanol–water partition coefficient (Wildman–Crippen LogP) is 10.7. The number of alkyl halides is 8. The van der Waals surface area contributed by atoms with E-state index in [1.807, 2.05) is 0 Å². The summed E-state index contributed by atoms with van der Waals surface area (Å²) in [6.07, 6.45) is -9.55. The van der Waals surface area contributed by atoms with E-state index in [4.69, 9.17) is 16.6 Å². The number of halogens is 11. The highest BCUT2D eigenvalue weighted by Gasteiger charge is 2.58. The van der Waals surface area contributed by atoms with Crippen LogP contribution in [0.1, 0.15) is 120 Å². The van der Waals surface area contributed by atoms with Gasteiger partial charge in [-0.2, -0.15) is 45.3 Å². The first-order chi connectivity index (χ1) is 32.6. The zero-order valence-electron chi connectivity index (χ0n) is 38.9. The fourth-order valence-corrected chi connectivity index (χ4v) is 13.2. The van der Waals surface area contributed by atoms with E-state index in [0.29, 0.717) is 23.6 Å². The summed E-state index contributed by atoms with van der Waals surface area (Å²) in [5.74, 6) is -10.9. The Balaban J connectivity index is 1.31. The molecule has 5 aromatic rings. The Morgan fingerprint density at radius 1 is 0.873 bits per heavy atom. The highest BCUT2D eigenvalue weighted by molar-refractivity contribution is 7.94. The minimum Gasteiger partial charge on any atom is -0.346 e. The molecule has 3 aromatic heterocycles. The Morgan fingerprint density at radius 3 is 2.06 bits per heavy atom.